The summed E-state index contributed by atoms with van der Waals surface area (Å²) in [6.07, 6.45) is 0.489. The largest absolute Gasteiger partial charge is 0.490 e. The monoisotopic (exact) mass is 490 g/mol. The van der Waals surface area contributed by atoms with Crippen LogP contribution in [0.2, 0.25) is 0 Å². The van der Waals surface area contributed by atoms with Crippen molar-refractivity contribution in [3.63, 3.8) is 0 Å². The fourth-order valence-corrected chi connectivity index (χ4v) is 4.45. The molecule has 2 aromatic carbocycles. The minimum absolute atomic E-state index is 0.176. The molecule has 0 amide bonds. The highest BCUT2D eigenvalue weighted by Gasteiger charge is 2.45. The number of fused-ring (bicyclic) bond motifs is 3. The summed E-state index contributed by atoms with van der Waals surface area (Å²) in [5.41, 5.74) is 3.34. The molecule has 0 heterocycles. The molecule has 0 atom stereocenters. The number of methoxy groups -OCH3 is 2. The Kier molecular flexibility index (Phi) is 5.73. The van der Waals surface area contributed by atoms with Gasteiger partial charge in [-0.15, -0.1) is 0 Å². The van der Waals surface area contributed by atoms with Gasteiger partial charge in [-0.25, -0.2) is 9.59 Å². The zero-order valence-corrected chi connectivity index (χ0v) is 17.9. The second-order valence-electron chi connectivity index (χ2n) is 6.27. The molecular formula is C21H16Br2O4. The van der Waals surface area contributed by atoms with Crippen molar-refractivity contribution in [1.82, 2.24) is 0 Å². The van der Waals surface area contributed by atoms with Gasteiger partial charge in [0.1, 0.15) is 0 Å². The first kappa shape index (κ1) is 19.7. The van der Waals surface area contributed by atoms with Crippen molar-refractivity contribution in [2.75, 3.05) is 14.2 Å². The maximum absolute atomic E-state index is 11.4. The van der Waals surface area contributed by atoms with E-state index in [9.17, 15) is 9.59 Å². The number of benzene rings is 2. The van der Waals surface area contributed by atoms with Gasteiger partial charge in [-0.1, -0.05) is 44.0 Å². The second-order valence-corrected chi connectivity index (χ2v) is 8.11. The first-order valence-electron chi connectivity index (χ1n) is 8.15. The van der Waals surface area contributed by atoms with Crippen molar-refractivity contribution in [2.24, 2.45) is 0 Å². The Bertz CT molecular complexity index is 918. The molecule has 0 radical (unpaired) electrons. The summed E-state index contributed by atoms with van der Waals surface area (Å²) in [7, 11) is 2.89. The molecule has 4 nitrogen and oxygen atoms in total. The summed E-state index contributed by atoms with van der Waals surface area (Å²) in [6.45, 7) is 0. The van der Waals surface area contributed by atoms with E-state index < -0.39 is 5.41 Å². The highest BCUT2D eigenvalue weighted by molar-refractivity contribution is 9.10. The van der Waals surface area contributed by atoms with E-state index in [1.54, 1.807) is 0 Å². The zero-order chi connectivity index (χ0) is 19.6. The van der Waals surface area contributed by atoms with Crippen LogP contribution in [0.4, 0.5) is 0 Å². The first-order valence-corrected chi connectivity index (χ1v) is 9.74. The number of rotatable bonds is 6. The lowest BCUT2D eigenvalue weighted by atomic mass is 9.72. The normalized spacial score (nSPS) is 13.0. The summed E-state index contributed by atoms with van der Waals surface area (Å²) in [4.78, 5) is 22.9. The van der Waals surface area contributed by atoms with Gasteiger partial charge in [-0.2, -0.15) is 0 Å². The van der Waals surface area contributed by atoms with Crippen LogP contribution in [0.3, 0.4) is 0 Å². The molecule has 0 spiro atoms. The molecule has 2 aromatic rings. The maximum Gasteiger partial charge on any atom is 0.180 e. The van der Waals surface area contributed by atoms with Gasteiger partial charge >= 0.3 is 0 Å². The molecule has 0 saturated heterocycles. The average Bonchev–Trinajstić information content (AvgIpc) is 2.93. The summed E-state index contributed by atoms with van der Waals surface area (Å²) in [5.74, 6) is 4.10. The molecule has 6 heteroatoms. The molecule has 0 unspecified atom stereocenters. The SMILES string of the molecule is COC(=C=O)CC1(CC(=C=O)OC)c2cc(Br)ccc2-c2ccc(Br)cc21. The fraction of sp³-hybridized carbons (Fsp3) is 0.238. The van der Waals surface area contributed by atoms with E-state index in [1.807, 2.05) is 48.3 Å². The van der Waals surface area contributed by atoms with Gasteiger partial charge in [-0.05, 0) is 46.5 Å². The van der Waals surface area contributed by atoms with Gasteiger partial charge in [0.15, 0.2) is 23.4 Å². The maximum atomic E-state index is 11.4. The Balaban J connectivity index is 2.36. The van der Waals surface area contributed by atoms with Crippen LogP contribution in [-0.2, 0) is 24.5 Å². The van der Waals surface area contributed by atoms with E-state index in [0.717, 1.165) is 31.2 Å². The zero-order valence-electron chi connectivity index (χ0n) is 14.8. The Morgan fingerprint density at radius 2 is 1.26 bits per heavy atom. The van der Waals surface area contributed by atoms with Crippen molar-refractivity contribution in [3.05, 3.63) is 68.0 Å². The van der Waals surface area contributed by atoms with Crippen LogP contribution in [0.5, 0.6) is 0 Å². The lowest BCUT2D eigenvalue weighted by Crippen LogP contribution is -2.28. The van der Waals surface area contributed by atoms with Gasteiger partial charge in [0.25, 0.3) is 0 Å². The van der Waals surface area contributed by atoms with E-state index in [0.29, 0.717) is 0 Å². The van der Waals surface area contributed by atoms with Gasteiger partial charge < -0.3 is 9.47 Å². The van der Waals surface area contributed by atoms with Crippen LogP contribution in [0.15, 0.2) is 56.9 Å². The first-order chi connectivity index (χ1) is 13.0. The van der Waals surface area contributed by atoms with Crippen molar-refractivity contribution < 1.29 is 19.1 Å². The van der Waals surface area contributed by atoms with Crippen molar-refractivity contribution in [2.45, 2.75) is 18.3 Å². The van der Waals surface area contributed by atoms with Crippen LogP contribution < -0.4 is 0 Å². The summed E-state index contributed by atoms with van der Waals surface area (Å²) in [5, 5.41) is 0. The van der Waals surface area contributed by atoms with Crippen molar-refractivity contribution >= 4 is 43.7 Å². The van der Waals surface area contributed by atoms with Crippen LogP contribution >= 0.6 is 31.9 Å². The van der Waals surface area contributed by atoms with Gasteiger partial charge in [0.2, 0.25) is 0 Å². The van der Waals surface area contributed by atoms with Crippen LogP contribution in [0.1, 0.15) is 24.0 Å². The Morgan fingerprint density at radius 3 is 1.59 bits per heavy atom. The number of hydrogen-bond acceptors (Lipinski definition) is 4. The third kappa shape index (κ3) is 3.42. The highest BCUT2D eigenvalue weighted by atomic mass is 79.9. The third-order valence-electron chi connectivity index (χ3n) is 4.93. The molecule has 0 bridgehead atoms. The standard InChI is InChI=1S/C21H16Br2O4/c1-26-15(11-24)9-21(10-16(12-25)27-2)19-7-13(22)3-5-17(19)18-6-4-14(23)8-20(18)21/h3-8H,9-10H2,1-2H3. The number of ether oxygens (including phenoxy) is 2. The molecule has 138 valence electrons. The molecule has 0 aliphatic heterocycles. The number of hydrogen-bond donors (Lipinski definition) is 0. The molecule has 1 aliphatic rings. The smallest absolute Gasteiger partial charge is 0.180 e. The minimum atomic E-state index is -0.719. The molecule has 3 rings (SSSR count). The second kappa shape index (κ2) is 7.87. The van der Waals surface area contributed by atoms with E-state index in [2.05, 4.69) is 31.9 Å². The average molecular weight is 492 g/mol. The molecule has 0 N–H and O–H groups in total. The Hall–Kier alpha value is -2.10. The fourth-order valence-electron chi connectivity index (χ4n) is 3.73. The number of carbonyl (C=O) groups excluding carboxylic acids is 2. The van der Waals surface area contributed by atoms with E-state index in [1.165, 1.54) is 14.2 Å². The minimum Gasteiger partial charge on any atom is -0.490 e. The quantitative estimate of drug-likeness (QED) is 0.422. The predicted octanol–water partition coefficient (Wildman–Crippen LogP) is 4.98. The summed E-state index contributed by atoms with van der Waals surface area (Å²) in [6, 6.07) is 12.0. The van der Waals surface area contributed by atoms with Gasteiger partial charge in [0.05, 0.1) is 14.2 Å². The Morgan fingerprint density at radius 1 is 0.852 bits per heavy atom. The number of halogens is 2. The molecule has 27 heavy (non-hydrogen) atoms. The van der Waals surface area contributed by atoms with Crippen LogP contribution in [0, 0.1) is 0 Å². The van der Waals surface area contributed by atoms with E-state index in [-0.39, 0.29) is 24.4 Å². The van der Waals surface area contributed by atoms with Gasteiger partial charge in [0, 0.05) is 27.2 Å². The van der Waals surface area contributed by atoms with E-state index in [4.69, 9.17) is 9.47 Å². The predicted molar refractivity (Wildman–Crippen MR) is 110 cm³/mol. The molecule has 0 fully saturated rings. The lowest BCUT2D eigenvalue weighted by Gasteiger charge is -2.32. The van der Waals surface area contributed by atoms with Crippen molar-refractivity contribution in [3.8, 4) is 11.1 Å². The van der Waals surface area contributed by atoms with E-state index >= 15 is 0 Å². The topological polar surface area (TPSA) is 52.6 Å². The molecule has 1 aliphatic carbocycles. The molecule has 0 aromatic heterocycles. The lowest BCUT2D eigenvalue weighted by molar-refractivity contribution is 0.234. The van der Waals surface area contributed by atoms with Crippen LogP contribution in [-0.4, -0.2) is 26.1 Å². The highest BCUT2D eigenvalue weighted by Crippen LogP contribution is 2.55. The third-order valence-corrected chi connectivity index (χ3v) is 5.92. The van der Waals surface area contributed by atoms with Gasteiger partial charge in [-0.3, -0.25) is 0 Å². The van der Waals surface area contributed by atoms with Crippen molar-refractivity contribution in [1.29, 1.82) is 0 Å². The number of allylic oxidation sites excluding steroid dienone is 2. The van der Waals surface area contributed by atoms with Crippen LogP contribution in [0.25, 0.3) is 11.1 Å². The summed E-state index contributed by atoms with van der Waals surface area (Å²) < 4.78 is 12.3. The molecule has 0 saturated carbocycles. The summed E-state index contributed by atoms with van der Waals surface area (Å²) >= 11 is 7.07. The molecular weight excluding hydrogens is 476 g/mol. The Labute approximate surface area is 174 Å².